The van der Waals surface area contributed by atoms with Crippen molar-refractivity contribution in [3.63, 3.8) is 0 Å². The third-order valence-corrected chi connectivity index (χ3v) is 6.96. The van der Waals surface area contributed by atoms with Gasteiger partial charge in [0, 0.05) is 41.9 Å². The van der Waals surface area contributed by atoms with Gasteiger partial charge in [0.1, 0.15) is 28.9 Å². The van der Waals surface area contributed by atoms with Crippen LogP contribution in [0.25, 0.3) is 5.69 Å². The number of pyridine rings is 1. The second-order valence-electron chi connectivity index (χ2n) is 11.8. The Balaban J connectivity index is 1.48. The summed E-state index contributed by atoms with van der Waals surface area (Å²) < 4.78 is 28.4. The highest BCUT2D eigenvalue weighted by Crippen LogP contribution is 2.29. The topological polar surface area (TPSA) is 128 Å². The van der Waals surface area contributed by atoms with Crippen molar-refractivity contribution in [2.24, 2.45) is 0 Å². The van der Waals surface area contributed by atoms with Crippen LogP contribution in [0.1, 0.15) is 71.2 Å². The van der Waals surface area contributed by atoms with Gasteiger partial charge >= 0.3 is 12.0 Å². The van der Waals surface area contributed by atoms with Gasteiger partial charge in [0.2, 0.25) is 0 Å². The lowest BCUT2D eigenvalue weighted by Crippen LogP contribution is -2.22. The molecule has 11 heteroatoms. The average molecular weight is 618 g/mol. The third-order valence-electron chi connectivity index (χ3n) is 6.96. The van der Waals surface area contributed by atoms with E-state index in [0.717, 1.165) is 30.7 Å². The number of hydrogen-bond donors (Lipinski definition) is 3. The molecule has 10 nitrogen and oxygen atoms in total. The molecule has 4 aromatic rings. The summed E-state index contributed by atoms with van der Waals surface area (Å²) in [5.41, 5.74) is 1.85. The van der Waals surface area contributed by atoms with Gasteiger partial charge in [0.05, 0.1) is 23.2 Å². The third kappa shape index (κ3) is 9.53. The van der Waals surface area contributed by atoms with Crippen LogP contribution in [-0.4, -0.2) is 38.0 Å². The number of carbonyl (C=O) groups excluding carboxylic acids is 1. The normalized spacial score (nSPS) is 12.0. The molecule has 0 fully saturated rings. The molecule has 45 heavy (non-hydrogen) atoms. The van der Waals surface area contributed by atoms with E-state index in [1.807, 2.05) is 39.8 Å². The summed E-state index contributed by atoms with van der Waals surface area (Å²) in [5.74, 6) is 0.302. The van der Waals surface area contributed by atoms with E-state index < -0.39 is 17.8 Å². The van der Waals surface area contributed by atoms with Crippen molar-refractivity contribution in [1.82, 2.24) is 14.8 Å². The predicted octanol–water partition coefficient (Wildman–Crippen LogP) is 8.25. The van der Waals surface area contributed by atoms with Crippen molar-refractivity contribution >= 4 is 23.5 Å². The molecule has 0 bridgehead atoms. The first-order valence-corrected chi connectivity index (χ1v) is 15.0. The number of rotatable bonds is 13. The molecule has 1 unspecified atom stereocenters. The van der Waals surface area contributed by atoms with Gasteiger partial charge in [-0.1, -0.05) is 40.5 Å². The average Bonchev–Trinajstić information content (AvgIpc) is 3.40. The van der Waals surface area contributed by atoms with Gasteiger partial charge in [0.15, 0.2) is 0 Å². The molecular formula is C34H40FN5O5. The molecule has 4 rings (SSSR count). The Bertz CT molecular complexity index is 1610. The van der Waals surface area contributed by atoms with E-state index in [1.54, 1.807) is 47.3 Å². The molecule has 0 aliphatic heterocycles. The van der Waals surface area contributed by atoms with Crippen LogP contribution in [0.4, 0.5) is 20.7 Å². The number of aryl methyl sites for hydroxylation is 1. The highest BCUT2D eigenvalue weighted by Gasteiger charge is 2.22. The lowest BCUT2D eigenvalue weighted by atomic mass is 9.92. The molecule has 0 saturated carbocycles. The number of carbonyl (C=O) groups is 2. The molecule has 0 aliphatic rings. The maximum Gasteiger partial charge on any atom is 0.324 e. The number of ether oxygens (including phenoxy) is 2. The van der Waals surface area contributed by atoms with Crippen LogP contribution in [0.5, 0.6) is 17.2 Å². The van der Waals surface area contributed by atoms with E-state index in [2.05, 4.69) is 22.5 Å². The van der Waals surface area contributed by atoms with Crippen LogP contribution in [0.3, 0.4) is 0 Å². The van der Waals surface area contributed by atoms with Crippen LogP contribution in [0, 0.1) is 12.7 Å². The minimum absolute atomic E-state index is 0.0186. The Kier molecular flexibility index (Phi) is 10.8. The number of benzene rings is 2. The number of unbranched alkanes of at least 4 members (excludes halogenated alkanes) is 1. The molecule has 2 heterocycles. The Labute approximate surface area is 262 Å². The van der Waals surface area contributed by atoms with Gasteiger partial charge in [-0.05, 0) is 62.2 Å². The minimum Gasteiger partial charge on any atom is -0.490 e. The van der Waals surface area contributed by atoms with Crippen LogP contribution in [0.2, 0.25) is 0 Å². The van der Waals surface area contributed by atoms with E-state index in [9.17, 15) is 14.0 Å². The first-order chi connectivity index (χ1) is 21.4. The number of nitrogens with one attached hydrogen (secondary N) is 2. The van der Waals surface area contributed by atoms with Gasteiger partial charge in [-0.25, -0.2) is 13.9 Å². The largest absolute Gasteiger partial charge is 0.490 e. The summed E-state index contributed by atoms with van der Waals surface area (Å²) in [7, 11) is 0. The first kappa shape index (κ1) is 33.0. The molecule has 0 saturated heterocycles. The predicted molar refractivity (Wildman–Crippen MR) is 171 cm³/mol. The SMILES string of the molecule is CCCCC(CCC(=O)O)Oc1ccc(-n2nc(C(C)(C)C)cc2NC(=O)Nc2ccc(Oc3ccnc(C)c3)cc2F)cc1. The second kappa shape index (κ2) is 14.7. The summed E-state index contributed by atoms with van der Waals surface area (Å²) in [4.78, 5) is 28.2. The lowest BCUT2D eigenvalue weighted by Gasteiger charge is -2.19. The zero-order valence-corrected chi connectivity index (χ0v) is 26.3. The fraction of sp³-hybridized carbons (Fsp3) is 0.353. The number of anilines is 2. The fourth-order valence-electron chi connectivity index (χ4n) is 4.52. The Morgan fingerprint density at radius 2 is 1.69 bits per heavy atom. The molecule has 2 aromatic heterocycles. The van der Waals surface area contributed by atoms with Gasteiger partial charge in [-0.15, -0.1) is 0 Å². The van der Waals surface area contributed by atoms with E-state index in [4.69, 9.17) is 19.7 Å². The van der Waals surface area contributed by atoms with Gasteiger partial charge < -0.3 is 19.9 Å². The van der Waals surface area contributed by atoms with Crippen molar-refractivity contribution < 1.29 is 28.6 Å². The number of aliphatic carboxylic acids is 1. The fourth-order valence-corrected chi connectivity index (χ4v) is 4.52. The quantitative estimate of drug-likeness (QED) is 0.138. The highest BCUT2D eigenvalue weighted by atomic mass is 19.1. The lowest BCUT2D eigenvalue weighted by molar-refractivity contribution is -0.137. The molecule has 1 atom stereocenters. The zero-order valence-electron chi connectivity index (χ0n) is 26.3. The molecule has 0 spiro atoms. The summed E-state index contributed by atoms with van der Waals surface area (Å²) in [6.45, 7) is 9.95. The van der Waals surface area contributed by atoms with Gasteiger partial charge in [0.25, 0.3) is 0 Å². The van der Waals surface area contributed by atoms with Crippen LogP contribution in [0.15, 0.2) is 66.9 Å². The van der Waals surface area contributed by atoms with Gasteiger partial charge in [-0.3, -0.25) is 15.1 Å². The Morgan fingerprint density at radius 3 is 2.33 bits per heavy atom. The number of carboxylic acid groups (broad SMARTS) is 1. The molecule has 0 radical (unpaired) electrons. The summed E-state index contributed by atoms with van der Waals surface area (Å²) in [6.07, 6.45) is 4.57. The molecule has 2 amide bonds. The molecular weight excluding hydrogens is 577 g/mol. The molecule has 3 N–H and O–H groups in total. The Morgan fingerprint density at radius 1 is 0.978 bits per heavy atom. The number of halogens is 1. The standard InChI is InChI=1S/C34H40FN5O5/c1-6-7-8-24(14-16-32(41)42)44-25-11-9-23(10-12-25)40-31(21-30(39-40)34(3,4)5)38-33(43)37-29-15-13-26(20-28(29)35)45-27-17-18-36-22(2)19-27/h9-13,15,17-21,24H,6-8,14,16H2,1-5H3,(H,41,42)(H2,37,38,43). The number of aromatic nitrogens is 3. The minimum atomic E-state index is -0.849. The number of amides is 2. The number of nitrogens with zero attached hydrogens (tertiary/aromatic N) is 3. The summed E-state index contributed by atoms with van der Waals surface area (Å²) >= 11 is 0. The van der Waals surface area contributed by atoms with E-state index >= 15 is 0 Å². The number of carboxylic acids is 1. The molecule has 2 aromatic carbocycles. The van der Waals surface area contributed by atoms with Crippen LogP contribution in [-0.2, 0) is 10.2 Å². The summed E-state index contributed by atoms with van der Waals surface area (Å²) in [6, 6.07) is 16.0. The molecule has 238 valence electrons. The monoisotopic (exact) mass is 617 g/mol. The van der Waals surface area contributed by atoms with Gasteiger partial charge in [-0.2, -0.15) is 5.10 Å². The Hall–Kier alpha value is -4.93. The van der Waals surface area contributed by atoms with Crippen molar-refractivity contribution in [2.45, 2.75) is 78.2 Å². The van der Waals surface area contributed by atoms with E-state index in [1.165, 1.54) is 12.1 Å². The number of hydrogen-bond acceptors (Lipinski definition) is 6. The zero-order chi connectivity index (χ0) is 32.6. The van der Waals surface area contributed by atoms with Crippen molar-refractivity contribution in [2.75, 3.05) is 10.6 Å². The van der Waals surface area contributed by atoms with E-state index in [-0.39, 0.29) is 29.4 Å². The first-order valence-electron chi connectivity index (χ1n) is 15.0. The van der Waals surface area contributed by atoms with Crippen LogP contribution >= 0.6 is 0 Å². The van der Waals surface area contributed by atoms with Crippen LogP contribution < -0.4 is 20.1 Å². The van der Waals surface area contributed by atoms with E-state index in [0.29, 0.717) is 29.4 Å². The second-order valence-corrected chi connectivity index (χ2v) is 11.8. The maximum atomic E-state index is 14.9. The van der Waals surface area contributed by atoms with Crippen molar-refractivity contribution in [1.29, 1.82) is 0 Å². The maximum absolute atomic E-state index is 14.9. The van der Waals surface area contributed by atoms with Crippen molar-refractivity contribution in [3.8, 4) is 22.9 Å². The molecule has 0 aliphatic carbocycles. The summed E-state index contributed by atoms with van der Waals surface area (Å²) in [5, 5.41) is 19.2. The smallest absolute Gasteiger partial charge is 0.324 e. The number of urea groups is 1. The highest BCUT2D eigenvalue weighted by molar-refractivity contribution is 5.99. The van der Waals surface area contributed by atoms with Crippen molar-refractivity contribution in [3.05, 3.63) is 84.1 Å².